The average Bonchev–Trinajstić information content (AvgIpc) is 2.82. The van der Waals surface area contributed by atoms with E-state index in [1.807, 2.05) is 0 Å². The first kappa shape index (κ1) is 23.1. The van der Waals surface area contributed by atoms with Crippen LogP contribution in [0.1, 0.15) is 27.3 Å². The summed E-state index contributed by atoms with van der Waals surface area (Å²) in [5.41, 5.74) is 2.06. The van der Waals surface area contributed by atoms with Crippen molar-refractivity contribution in [2.45, 2.75) is 20.0 Å². The highest BCUT2D eigenvalue weighted by Crippen LogP contribution is 2.21. The number of benzene rings is 1. The van der Waals surface area contributed by atoms with Gasteiger partial charge in [0.15, 0.2) is 5.82 Å². The fourth-order valence-corrected chi connectivity index (χ4v) is 3.61. The number of rotatable bonds is 7. The fraction of sp³-hybridized carbons (Fsp3) is 0.125. The Kier molecular flexibility index (Phi) is 6.93. The number of halogens is 2. The summed E-state index contributed by atoms with van der Waals surface area (Å²) in [5.74, 6) is -0.543. The van der Waals surface area contributed by atoms with Gasteiger partial charge in [0.05, 0.1) is 29.7 Å². The Balaban J connectivity index is 1.72. The molecule has 2 N–H and O–H groups in total. The number of amides is 1. The van der Waals surface area contributed by atoms with Gasteiger partial charge in [-0.05, 0) is 36.8 Å². The van der Waals surface area contributed by atoms with Crippen LogP contribution in [-0.2, 0) is 13.1 Å². The first-order chi connectivity index (χ1) is 16.4. The molecule has 0 radical (unpaired) electrons. The average molecular weight is 479 g/mol. The molecule has 0 aliphatic heterocycles. The van der Waals surface area contributed by atoms with Gasteiger partial charge < -0.3 is 15.2 Å². The highest BCUT2D eigenvalue weighted by Gasteiger charge is 2.20. The smallest absolute Gasteiger partial charge is 0.260 e. The molecule has 0 unspecified atom stereocenters. The van der Waals surface area contributed by atoms with Gasteiger partial charge in [-0.2, -0.15) is 0 Å². The number of nitrogens with zero attached hydrogens (tertiary/aromatic N) is 4. The lowest BCUT2D eigenvalue weighted by Gasteiger charge is -2.18. The SMILES string of the molecule is Cc1c(C(=O)Nc2cnccn2)c(NCc2ccc(F)cc2)cc(=O)n1Cc1cccc(Cl)n1. The topological polar surface area (TPSA) is 102 Å². The monoisotopic (exact) mass is 478 g/mol. The predicted octanol–water partition coefficient (Wildman–Crippen LogP) is 4.05. The van der Waals surface area contributed by atoms with Crippen molar-refractivity contribution in [3.05, 3.63) is 111 Å². The molecule has 1 amide bonds. The zero-order valence-electron chi connectivity index (χ0n) is 18.1. The van der Waals surface area contributed by atoms with E-state index in [-0.39, 0.29) is 35.8 Å². The summed E-state index contributed by atoms with van der Waals surface area (Å²) in [6.07, 6.45) is 4.38. The summed E-state index contributed by atoms with van der Waals surface area (Å²) in [4.78, 5) is 38.5. The normalized spacial score (nSPS) is 10.7. The Morgan fingerprint density at radius 2 is 1.94 bits per heavy atom. The molecular formula is C24H20ClFN6O2. The third kappa shape index (κ3) is 5.44. The predicted molar refractivity (Wildman–Crippen MR) is 127 cm³/mol. The highest BCUT2D eigenvalue weighted by atomic mass is 35.5. The van der Waals surface area contributed by atoms with Gasteiger partial charge in [0.2, 0.25) is 0 Å². The number of hydrogen-bond acceptors (Lipinski definition) is 6. The van der Waals surface area contributed by atoms with Crippen LogP contribution in [-0.4, -0.2) is 25.4 Å². The third-order valence-electron chi connectivity index (χ3n) is 5.09. The Morgan fingerprint density at radius 3 is 2.65 bits per heavy atom. The molecule has 1 aromatic carbocycles. The summed E-state index contributed by atoms with van der Waals surface area (Å²) < 4.78 is 14.7. The van der Waals surface area contributed by atoms with Crippen molar-refractivity contribution < 1.29 is 9.18 Å². The van der Waals surface area contributed by atoms with Crippen molar-refractivity contribution >= 4 is 29.0 Å². The number of aromatic nitrogens is 4. The molecule has 0 saturated heterocycles. The van der Waals surface area contributed by atoms with Crippen LogP contribution in [0, 0.1) is 12.7 Å². The maximum atomic E-state index is 13.3. The summed E-state index contributed by atoms with van der Waals surface area (Å²) in [7, 11) is 0. The van der Waals surface area contributed by atoms with Gasteiger partial charge in [-0.1, -0.05) is 29.8 Å². The number of carbonyl (C=O) groups excluding carboxylic acids is 1. The van der Waals surface area contributed by atoms with Crippen LogP contribution >= 0.6 is 11.6 Å². The van der Waals surface area contributed by atoms with Gasteiger partial charge in [0.1, 0.15) is 11.0 Å². The molecule has 0 bridgehead atoms. The van der Waals surface area contributed by atoms with E-state index in [0.717, 1.165) is 5.56 Å². The molecule has 34 heavy (non-hydrogen) atoms. The molecule has 4 rings (SSSR count). The maximum Gasteiger partial charge on any atom is 0.260 e. The number of hydrogen-bond donors (Lipinski definition) is 2. The molecular weight excluding hydrogens is 459 g/mol. The molecule has 0 saturated carbocycles. The maximum absolute atomic E-state index is 13.3. The second-order valence-electron chi connectivity index (χ2n) is 7.42. The van der Waals surface area contributed by atoms with Crippen molar-refractivity contribution in [3.8, 4) is 0 Å². The van der Waals surface area contributed by atoms with Crippen LogP contribution in [0.25, 0.3) is 0 Å². The highest BCUT2D eigenvalue weighted by molar-refractivity contribution is 6.29. The van der Waals surface area contributed by atoms with Crippen LogP contribution < -0.4 is 16.2 Å². The van der Waals surface area contributed by atoms with Crippen molar-refractivity contribution in [2.75, 3.05) is 10.6 Å². The number of anilines is 2. The summed E-state index contributed by atoms with van der Waals surface area (Å²) in [6, 6.07) is 12.4. The molecule has 0 aliphatic carbocycles. The number of nitrogens with one attached hydrogen (secondary N) is 2. The number of pyridine rings is 2. The summed E-state index contributed by atoms with van der Waals surface area (Å²) in [6.45, 7) is 2.10. The number of carbonyl (C=O) groups is 1. The van der Waals surface area contributed by atoms with Crippen molar-refractivity contribution in [1.82, 2.24) is 19.5 Å². The van der Waals surface area contributed by atoms with E-state index in [2.05, 4.69) is 25.6 Å². The molecule has 4 aromatic rings. The Hall–Kier alpha value is -4.11. The van der Waals surface area contributed by atoms with Gasteiger partial charge in [-0.25, -0.2) is 14.4 Å². The first-order valence-corrected chi connectivity index (χ1v) is 10.7. The van der Waals surface area contributed by atoms with Gasteiger partial charge in [-0.15, -0.1) is 0 Å². The molecule has 3 heterocycles. The minimum absolute atomic E-state index is 0.134. The lowest BCUT2D eigenvalue weighted by Crippen LogP contribution is -2.28. The van der Waals surface area contributed by atoms with Crippen LogP contribution in [0.4, 0.5) is 15.9 Å². The van der Waals surface area contributed by atoms with Crippen molar-refractivity contribution in [2.24, 2.45) is 0 Å². The summed E-state index contributed by atoms with van der Waals surface area (Å²) >= 11 is 5.99. The molecule has 0 atom stereocenters. The fourth-order valence-electron chi connectivity index (χ4n) is 3.43. The molecule has 0 fully saturated rings. The lowest BCUT2D eigenvalue weighted by atomic mass is 10.1. The van der Waals surface area contributed by atoms with Crippen LogP contribution in [0.15, 0.2) is 71.9 Å². The molecule has 0 spiro atoms. The zero-order chi connectivity index (χ0) is 24.1. The Labute approximate surface area is 199 Å². The van der Waals surface area contributed by atoms with Crippen LogP contribution in [0.3, 0.4) is 0 Å². The second-order valence-corrected chi connectivity index (χ2v) is 7.81. The summed E-state index contributed by atoms with van der Waals surface area (Å²) in [5, 5.41) is 6.15. The quantitative estimate of drug-likeness (QED) is 0.389. The van der Waals surface area contributed by atoms with Gasteiger partial charge in [0.25, 0.3) is 11.5 Å². The standard InChI is InChI=1S/C24H20ClFN6O2/c1-15-23(24(34)31-21-13-27-9-10-28-21)19(29-12-16-5-7-17(26)8-6-16)11-22(33)32(15)14-18-3-2-4-20(25)30-18/h2-11,13,29H,12,14H2,1H3,(H,28,31,34). The Morgan fingerprint density at radius 1 is 1.15 bits per heavy atom. The molecule has 8 nitrogen and oxygen atoms in total. The lowest BCUT2D eigenvalue weighted by molar-refractivity contribution is 0.102. The van der Waals surface area contributed by atoms with E-state index < -0.39 is 5.91 Å². The van der Waals surface area contributed by atoms with Crippen LogP contribution in [0.2, 0.25) is 5.15 Å². The largest absolute Gasteiger partial charge is 0.380 e. The molecule has 172 valence electrons. The minimum atomic E-state index is -0.465. The van der Waals surface area contributed by atoms with Crippen molar-refractivity contribution in [3.63, 3.8) is 0 Å². The van der Waals surface area contributed by atoms with Gasteiger partial charge in [0, 0.05) is 30.7 Å². The third-order valence-corrected chi connectivity index (χ3v) is 5.30. The molecule has 10 heteroatoms. The first-order valence-electron chi connectivity index (χ1n) is 10.3. The van der Waals surface area contributed by atoms with E-state index >= 15 is 0 Å². The second kappa shape index (κ2) is 10.2. The van der Waals surface area contributed by atoms with E-state index in [4.69, 9.17) is 11.6 Å². The van der Waals surface area contributed by atoms with E-state index in [1.165, 1.54) is 41.4 Å². The minimum Gasteiger partial charge on any atom is -0.380 e. The van der Waals surface area contributed by atoms with Crippen molar-refractivity contribution in [1.29, 1.82) is 0 Å². The van der Waals surface area contributed by atoms with E-state index in [0.29, 0.717) is 22.2 Å². The van der Waals surface area contributed by atoms with Gasteiger partial charge in [-0.3, -0.25) is 14.6 Å². The van der Waals surface area contributed by atoms with Gasteiger partial charge >= 0.3 is 0 Å². The zero-order valence-corrected chi connectivity index (χ0v) is 18.9. The van der Waals surface area contributed by atoms with E-state index in [9.17, 15) is 14.0 Å². The molecule has 3 aromatic heterocycles. The molecule has 0 aliphatic rings. The van der Waals surface area contributed by atoms with Crippen LogP contribution in [0.5, 0.6) is 0 Å². The Bertz CT molecular complexity index is 1380. The van der Waals surface area contributed by atoms with E-state index in [1.54, 1.807) is 37.3 Å².